The number of rotatable bonds is 12. The van der Waals surface area contributed by atoms with Gasteiger partial charge in [-0.15, -0.1) is 0 Å². The van der Waals surface area contributed by atoms with Crippen LogP contribution in [0.4, 0.5) is 61.5 Å². The Hall–Kier alpha value is -1.82. The summed E-state index contributed by atoms with van der Waals surface area (Å²) in [5.74, 6) is -6.58. The summed E-state index contributed by atoms with van der Waals surface area (Å²) in [6.07, 6.45) is -35.9. The van der Waals surface area contributed by atoms with Crippen LogP contribution < -0.4 is 0 Å². The molecule has 0 aromatic rings. The fourth-order valence-corrected chi connectivity index (χ4v) is 4.03. The summed E-state index contributed by atoms with van der Waals surface area (Å²) in [5, 5.41) is 0. The van der Waals surface area contributed by atoms with Gasteiger partial charge in [-0.25, -0.2) is 22.0 Å². The summed E-state index contributed by atoms with van der Waals surface area (Å²) >= 11 is 0. The maximum atomic E-state index is 14.1. The first-order valence-corrected chi connectivity index (χ1v) is 11.2. The molecule has 0 aromatic heterocycles. The molecule has 0 bridgehead atoms. The molecule has 0 aliphatic carbocycles. The topological polar surface area (TPSA) is 60.4 Å². The van der Waals surface area contributed by atoms with Gasteiger partial charge in [0.2, 0.25) is 0 Å². The second kappa shape index (κ2) is 11.3. The molecule has 0 rings (SSSR count). The second-order valence-corrected chi connectivity index (χ2v) is 9.84. The number of sulfone groups is 1. The van der Waals surface area contributed by atoms with Gasteiger partial charge in [0.05, 0.1) is 11.5 Å². The summed E-state index contributed by atoms with van der Waals surface area (Å²) in [5.41, 5.74) is -12.7. The molecule has 0 aliphatic heterocycles. The quantitative estimate of drug-likeness (QED) is 0.161. The van der Waals surface area contributed by atoms with Crippen LogP contribution in [0.15, 0.2) is 12.7 Å². The van der Waals surface area contributed by atoms with E-state index in [1.807, 2.05) is 0 Å². The maximum Gasteiger partial charge on any atom is 0.431 e. The van der Waals surface area contributed by atoms with Gasteiger partial charge in [0, 0.05) is 18.9 Å². The molecule has 0 radical (unpaired) electrons. The van der Waals surface area contributed by atoms with Crippen LogP contribution in [0.2, 0.25) is 0 Å². The number of alkyl halides is 14. The molecule has 0 N–H and O–H groups in total. The molecule has 0 amide bonds. The third kappa shape index (κ3) is 8.64. The lowest BCUT2D eigenvalue weighted by Crippen LogP contribution is -2.57. The van der Waals surface area contributed by atoms with E-state index in [4.69, 9.17) is 0 Å². The Morgan fingerprint density at radius 1 is 0.722 bits per heavy atom. The summed E-state index contributed by atoms with van der Waals surface area (Å²) in [6, 6.07) is 0. The van der Waals surface area contributed by atoms with Crippen LogP contribution in [0.1, 0.15) is 25.7 Å². The Balaban J connectivity index is 6.02. The normalized spacial score (nSPS) is 14.8. The molecule has 36 heavy (non-hydrogen) atoms. The smallest absolute Gasteiger partial charge is 0.431 e. The van der Waals surface area contributed by atoms with E-state index in [0.717, 1.165) is 0 Å². The third-order valence-electron chi connectivity index (χ3n) is 4.81. The number of ether oxygens (including phenoxy) is 1. The van der Waals surface area contributed by atoms with Gasteiger partial charge in [-0.1, -0.05) is 6.58 Å². The number of hydrogen-bond donors (Lipinski definition) is 0. The highest BCUT2D eigenvalue weighted by Gasteiger charge is 2.75. The van der Waals surface area contributed by atoms with Gasteiger partial charge in [0.1, 0.15) is 6.61 Å². The van der Waals surface area contributed by atoms with E-state index in [1.165, 1.54) is 0 Å². The molecule has 0 unspecified atom stereocenters. The molecule has 0 aromatic carbocycles. The Morgan fingerprint density at radius 2 is 1.08 bits per heavy atom. The largest absolute Gasteiger partial charge is 0.461 e. The van der Waals surface area contributed by atoms with Crippen LogP contribution in [0.3, 0.4) is 0 Å². The van der Waals surface area contributed by atoms with Crippen molar-refractivity contribution in [1.29, 1.82) is 0 Å². The summed E-state index contributed by atoms with van der Waals surface area (Å²) in [7, 11) is -4.37. The van der Waals surface area contributed by atoms with Gasteiger partial charge in [-0.3, -0.25) is 0 Å². The molecular weight excluding hydrogens is 566 g/mol. The van der Waals surface area contributed by atoms with E-state index < -0.39 is 102 Å². The maximum absolute atomic E-state index is 14.1. The summed E-state index contributed by atoms with van der Waals surface area (Å²) in [4.78, 5) is 10.8. The standard InChI is InChI=1S/C17H18F14O4S/c1-2-11(32)35-5-7-36(33,34)6-3-4-10(8-12(18,14(20,21)22)15(23,24)25)9-13(19,16(26,27)28)17(29,30)31/h2,10H,1,3-9H2. The molecule has 4 nitrogen and oxygen atoms in total. The average Bonchev–Trinajstić information content (AvgIpc) is 2.63. The number of halogens is 14. The molecule has 0 atom stereocenters. The van der Waals surface area contributed by atoms with Crippen molar-refractivity contribution in [3.8, 4) is 0 Å². The van der Waals surface area contributed by atoms with E-state index in [-0.39, 0.29) is 0 Å². The van der Waals surface area contributed by atoms with E-state index in [2.05, 4.69) is 11.3 Å². The zero-order valence-electron chi connectivity index (χ0n) is 17.6. The molecule has 0 heterocycles. The lowest BCUT2D eigenvalue weighted by molar-refractivity contribution is -0.356. The Bertz CT molecular complexity index is 787. The van der Waals surface area contributed by atoms with E-state index >= 15 is 0 Å². The van der Waals surface area contributed by atoms with Crippen LogP contribution in [0.25, 0.3) is 0 Å². The Labute approximate surface area is 194 Å². The van der Waals surface area contributed by atoms with E-state index in [0.29, 0.717) is 6.08 Å². The lowest BCUT2D eigenvalue weighted by Gasteiger charge is -2.37. The number of esters is 1. The minimum absolute atomic E-state index is 0.617. The Morgan fingerprint density at radius 3 is 1.39 bits per heavy atom. The van der Waals surface area contributed by atoms with Gasteiger partial charge < -0.3 is 4.74 Å². The number of carbonyl (C=O) groups is 1. The fourth-order valence-electron chi connectivity index (χ4n) is 2.88. The first-order chi connectivity index (χ1) is 15.7. The zero-order valence-corrected chi connectivity index (χ0v) is 18.5. The van der Waals surface area contributed by atoms with Gasteiger partial charge >= 0.3 is 30.7 Å². The number of hydrogen-bond acceptors (Lipinski definition) is 4. The molecule has 0 saturated carbocycles. The predicted octanol–water partition coefficient (Wildman–Crippen LogP) is 5.97. The highest BCUT2D eigenvalue weighted by Crippen LogP contribution is 2.55. The second-order valence-electron chi connectivity index (χ2n) is 7.53. The van der Waals surface area contributed by atoms with Crippen molar-refractivity contribution in [3.05, 3.63) is 12.7 Å². The molecule has 19 heteroatoms. The van der Waals surface area contributed by atoms with Crippen molar-refractivity contribution in [1.82, 2.24) is 0 Å². The molecule has 214 valence electrons. The van der Waals surface area contributed by atoms with E-state index in [9.17, 15) is 74.7 Å². The van der Waals surface area contributed by atoms with Gasteiger partial charge in [-0.2, -0.15) is 52.7 Å². The van der Waals surface area contributed by atoms with Crippen molar-refractivity contribution in [2.45, 2.75) is 61.7 Å². The van der Waals surface area contributed by atoms with E-state index in [1.54, 1.807) is 0 Å². The molecule has 0 saturated heterocycles. The fraction of sp³-hybridized carbons (Fsp3) is 0.824. The molecule has 0 aliphatic rings. The van der Waals surface area contributed by atoms with Crippen molar-refractivity contribution in [2.24, 2.45) is 5.92 Å². The van der Waals surface area contributed by atoms with Crippen molar-refractivity contribution in [3.63, 3.8) is 0 Å². The van der Waals surface area contributed by atoms with Gasteiger partial charge in [-0.05, 0) is 18.8 Å². The zero-order chi connectivity index (χ0) is 29.0. The number of carbonyl (C=O) groups excluding carboxylic acids is 1. The molecule has 0 fully saturated rings. The molecular formula is C17H18F14O4S. The van der Waals surface area contributed by atoms with Crippen LogP contribution in [-0.4, -0.2) is 68.5 Å². The highest BCUT2D eigenvalue weighted by atomic mass is 32.2. The first-order valence-electron chi connectivity index (χ1n) is 9.38. The lowest BCUT2D eigenvalue weighted by atomic mass is 9.80. The monoisotopic (exact) mass is 584 g/mol. The van der Waals surface area contributed by atoms with Crippen molar-refractivity contribution < 1.29 is 79.4 Å². The van der Waals surface area contributed by atoms with Crippen LogP contribution in [-0.2, 0) is 19.4 Å². The van der Waals surface area contributed by atoms with Crippen molar-refractivity contribution in [2.75, 3.05) is 18.1 Å². The summed E-state index contributed by atoms with van der Waals surface area (Å²) in [6.45, 7) is 2.14. The first kappa shape index (κ1) is 34.2. The van der Waals surface area contributed by atoms with Gasteiger partial charge in [0.15, 0.2) is 9.84 Å². The van der Waals surface area contributed by atoms with Crippen LogP contribution >= 0.6 is 0 Å². The van der Waals surface area contributed by atoms with Crippen molar-refractivity contribution >= 4 is 15.8 Å². The summed E-state index contributed by atoms with van der Waals surface area (Å²) < 4.78 is 210. The van der Waals surface area contributed by atoms with Crippen LogP contribution in [0, 0.1) is 5.92 Å². The Kier molecular flexibility index (Phi) is 10.7. The minimum atomic E-state index is -6.87. The SMILES string of the molecule is C=CC(=O)OCCS(=O)(=O)CCCC(CC(F)(C(F)(F)F)C(F)(F)F)CC(F)(C(F)(F)F)C(F)(F)F. The third-order valence-corrected chi connectivity index (χ3v) is 6.51. The average molecular weight is 584 g/mol. The highest BCUT2D eigenvalue weighted by molar-refractivity contribution is 7.91. The van der Waals surface area contributed by atoms with Crippen LogP contribution in [0.5, 0.6) is 0 Å². The minimum Gasteiger partial charge on any atom is -0.461 e. The molecule has 0 spiro atoms. The predicted molar refractivity (Wildman–Crippen MR) is 93.7 cm³/mol. The van der Waals surface area contributed by atoms with Gasteiger partial charge in [0.25, 0.3) is 11.3 Å².